The molecule has 0 unspecified atom stereocenters. The zero-order valence-corrected chi connectivity index (χ0v) is 10.8. The molecular formula is C15H13F3N2. The van der Waals surface area contributed by atoms with Gasteiger partial charge in [-0.2, -0.15) is 18.3 Å². The Bertz CT molecular complexity index is 604. The van der Waals surface area contributed by atoms with E-state index < -0.39 is 11.7 Å². The van der Waals surface area contributed by atoms with Crippen LogP contribution in [0.5, 0.6) is 0 Å². The molecule has 104 valence electrons. The summed E-state index contributed by atoms with van der Waals surface area (Å²) in [5.74, 6) is 0. The second kappa shape index (κ2) is 5.77. The lowest BCUT2D eigenvalue weighted by molar-refractivity contribution is -0.136. The lowest BCUT2D eigenvalue weighted by atomic mass is 10.1. The van der Waals surface area contributed by atoms with Crippen molar-refractivity contribution >= 4 is 11.4 Å². The molecule has 0 amide bonds. The lowest BCUT2D eigenvalue weighted by Gasteiger charge is -2.12. The molecule has 0 spiro atoms. The van der Waals surface area contributed by atoms with Crippen LogP contribution >= 0.6 is 0 Å². The maximum absolute atomic E-state index is 12.8. The van der Waals surface area contributed by atoms with Crippen molar-refractivity contribution in [2.45, 2.75) is 13.1 Å². The van der Waals surface area contributed by atoms with Crippen LogP contribution in [0, 0.1) is 0 Å². The van der Waals surface area contributed by atoms with Gasteiger partial charge < -0.3 is 0 Å². The Balaban J connectivity index is 2.24. The van der Waals surface area contributed by atoms with Gasteiger partial charge in [-0.05, 0) is 24.6 Å². The highest BCUT2D eigenvalue weighted by Gasteiger charge is 2.33. The maximum atomic E-state index is 12.8. The van der Waals surface area contributed by atoms with E-state index in [0.717, 1.165) is 11.6 Å². The summed E-state index contributed by atoms with van der Waals surface area (Å²) >= 11 is 0. The zero-order valence-electron chi connectivity index (χ0n) is 10.8. The molecule has 0 saturated carbocycles. The second-order valence-electron chi connectivity index (χ2n) is 4.22. The summed E-state index contributed by atoms with van der Waals surface area (Å²) in [4.78, 5) is 0. The van der Waals surface area contributed by atoms with Crippen LogP contribution in [-0.4, -0.2) is 5.71 Å². The van der Waals surface area contributed by atoms with Gasteiger partial charge in [0.2, 0.25) is 0 Å². The van der Waals surface area contributed by atoms with Crippen molar-refractivity contribution in [2.24, 2.45) is 5.10 Å². The smallest absolute Gasteiger partial charge is 0.278 e. The van der Waals surface area contributed by atoms with E-state index in [4.69, 9.17) is 0 Å². The topological polar surface area (TPSA) is 24.4 Å². The van der Waals surface area contributed by atoms with Gasteiger partial charge in [-0.25, -0.2) is 0 Å². The van der Waals surface area contributed by atoms with Crippen LogP contribution in [0.3, 0.4) is 0 Å². The van der Waals surface area contributed by atoms with Crippen LogP contribution in [-0.2, 0) is 6.18 Å². The number of hydrogen-bond donors (Lipinski definition) is 1. The minimum absolute atomic E-state index is 0.0599. The molecule has 0 aliphatic carbocycles. The third kappa shape index (κ3) is 3.38. The van der Waals surface area contributed by atoms with Gasteiger partial charge in [-0.15, -0.1) is 0 Å². The van der Waals surface area contributed by atoms with Crippen LogP contribution in [0.2, 0.25) is 0 Å². The number of nitrogens with one attached hydrogen (secondary N) is 1. The Morgan fingerprint density at radius 3 is 2.20 bits per heavy atom. The van der Waals surface area contributed by atoms with Crippen molar-refractivity contribution < 1.29 is 13.2 Å². The Hall–Kier alpha value is -2.30. The number of hydrogen-bond acceptors (Lipinski definition) is 2. The van der Waals surface area contributed by atoms with Gasteiger partial charge in [0.25, 0.3) is 0 Å². The maximum Gasteiger partial charge on any atom is 0.418 e. The predicted molar refractivity (Wildman–Crippen MR) is 73.7 cm³/mol. The molecule has 0 aliphatic heterocycles. The minimum Gasteiger partial charge on any atom is -0.278 e. The molecule has 0 radical (unpaired) electrons. The predicted octanol–water partition coefficient (Wildman–Crippen LogP) is 4.54. The quantitative estimate of drug-likeness (QED) is 0.647. The fourth-order valence-electron chi connectivity index (χ4n) is 1.72. The summed E-state index contributed by atoms with van der Waals surface area (Å²) in [6.45, 7) is 1.73. The van der Waals surface area contributed by atoms with Crippen LogP contribution in [0.25, 0.3) is 0 Å². The number of alkyl halides is 3. The molecule has 0 heterocycles. The first-order valence-corrected chi connectivity index (χ1v) is 6.00. The molecule has 0 bridgehead atoms. The molecule has 1 N–H and O–H groups in total. The van der Waals surface area contributed by atoms with E-state index in [1.54, 1.807) is 6.92 Å². The summed E-state index contributed by atoms with van der Waals surface area (Å²) in [5, 5.41) is 4.01. The molecular weight excluding hydrogens is 265 g/mol. The van der Waals surface area contributed by atoms with Gasteiger partial charge >= 0.3 is 6.18 Å². The molecule has 2 aromatic rings. The fourth-order valence-corrected chi connectivity index (χ4v) is 1.72. The zero-order chi connectivity index (χ0) is 14.6. The first-order chi connectivity index (χ1) is 9.48. The number of nitrogens with zero attached hydrogens (tertiary/aromatic N) is 1. The normalized spacial score (nSPS) is 12.3. The van der Waals surface area contributed by atoms with Crippen LogP contribution in [0.15, 0.2) is 59.7 Å². The highest BCUT2D eigenvalue weighted by atomic mass is 19.4. The summed E-state index contributed by atoms with van der Waals surface area (Å²) in [5.41, 5.74) is 3.16. The number of para-hydroxylation sites is 1. The summed E-state index contributed by atoms with van der Waals surface area (Å²) in [6, 6.07) is 14.5. The van der Waals surface area contributed by atoms with E-state index in [1.165, 1.54) is 18.2 Å². The third-order valence-corrected chi connectivity index (χ3v) is 2.77. The van der Waals surface area contributed by atoms with Crippen molar-refractivity contribution in [1.29, 1.82) is 0 Å². The number of halogens is 3. The fraction of sp³-hybridized carbons (Fsp3) is 0.133. The summed E-state index contributed by atoms with van der Waals surface area (Å²) in [6.07, 6.45) is -4.40. The molecule has 0 fully saturated rings. The van der Waals surface area contributed by atoms with Crippen LogP contribution in [0.4, 0.5) is 18.9 Å². The van der Waals surface area contributed by atoms with Crippen molar-refractivity contribution in [1.82, 2.24) is 0 Å². The molecule has 0 aromatic heterocycles. The second-order valence-corrected chi connectivity index (χ2v) is 4.22. The molecule has 2 rings (SSSR count). The van der Waals surface area contributed by atoms with Crippen molar-refractivity contribution in [3.63, 3.8) is 0 Å². The molecule has 2 nitrogen and oxygen atoms in total. The molecule has 2 aromatic carbocycles. The van der Waals surface area contributed by atoms with E-state index in [0.29, 0.717) is 5.71 Å². The Morgan fingerprint density at radius 1 is 0.950 bits per heavy atom. The van der Waals surface area contributed by atoms with E-state index in [-0.39, 0.29) is 5.69 Å². The average Bonchev–Trinajstić information content (AvgIpc) is 2.45. The summed E-state index contributed by atoms with van der Waals surface area (Å²) in [7, 11) is 0. The van der Waals surface area contributed by atoms with E-state index in [1.807, 2.05) is 30.3 Å². The van der Waals surface area contributed by atoms with E-state index >= 15 is 0 Å². The highest BCUT2D eigenvalue weighted by molar-refractivity contribution is 5.99. The molecule has 0 saturated heterocycles. The molecule has 5 heteroatoms. The van der Waals surface area contributed by atoms with Gasteiger partial charge in [0.1, 0.15) is 0 Å². The monoisotopic (exact) mass is 278 g/mol. The standard InChI is InChI=1S/C15H13F3N2/c1-11(12-7-3-2-4-8-12)19-20-14-10-6-5-9-13(14)15(16,17)18/h2-10,20H,1H3/b19-11+. The van der Waals surface area contributed by atoms with Crippen molar-refractivity contribution in [3.8, 4) is 0 Å². The first-order valence-electron chi connectivity index (χ1n) is 6.00. The molecule has 0 aliphatic rings. The Morgan fingerprint density at radius 2 is 1.55 bits per heavy atom. The number of benzene rings is 2. The van der Waals surface area contributed by atoms with Crippen molar-refractivity contribution in [2.75, 3.05) is 5.43 Å². The summed E-state index contributed by atoms with van der Waals surface area (Å²) < 4.78 is 38.4. The highest BCUT2D eigenvalue weighted by Crippen LogP contribution is 2.34. The number of rotatable bonds is 3. The average molecular weight is 278 g/mol. The first kappa shape index (κ1) is 14.1. The van der Waals surface area contributed by atoms with E-state index in [9.17, 15) is 13.2 Å². The number of anilines is 1. The SMILES string of the molecule is C/C(=N\Nc1ccccc1C(F)(F)F)c1ccccc1. The number of hydrazone groups is 1. The van der Waals surface area contributed by atoms with Gasteiger partial charge in [0, 0.05) is 0 Å². The third-order valence-electron chi connectivity index (χ3n) is 2.77. The van der Waals surface area contributed by atoms with E-state index in [2.05, 4.69) is 10.5 Å². The minimum atomic E-state index is -4.40. The van der Waals surface area contributed by atoms with Gasteiger partial charge in [-0.1, -0.05) is 42.5 Å². The Labute approximate surface area is 114 Å². The molecule has 20 heavy (non-hydrogen) atoms. The lowest BCUT2D eigenvalue weighted by Crippen LogP contribution is -2.09. The molecule has 0 atom stereocenters. The van der Waals surface area contributed by atoms with Crippen LogP contribution < -0.4 is 5.43 Å². The van der Waals surface area contributed by atoms with Gasteiger partial charge in [0.05, 0.1) is 17.0 Å². The van der Waals surface area contributed by atoms with Gasteiger partial charge in [-0.3, -0.25) is 5.43 Å². The van der Waals surface area contributed by atoms with Crippen molar-refractivity contribution in [3.05, 3.63) is 65.7 Å². The largest absolute Gasteiger partial charge is 0.418 e. The Kier molecular flexibility index (Phi) is 4.08. The van der Waals surface area contributed by atoms with Gasteiger partial charge in [0.15, 0.2) is 0 Å². The van der Waals surface area contributed by atoms with Crippen LogP contribution in [0.1, 0.15) is 18.1 Å².